The Hall–Kier alpha value is -2.19. The number of carbonyl (C=O) groups is 1. The van der Waals surface area contributed by atoms with Crippen LogP contribution in [-0.2, 0) is 10.0 Å². The van der Waals surface area contributed by atoms with Crippen molar-refractivity contribution in [1.82, 2.24) is 14.1 Å². The molecule has 0 bridgehead atoms. The van der Waals surface area contributed by atoms with Crippen LogP contribution in [0.1, 0.15) is 41.5 Å². The second-order valence-electron chi connectivity index (χ2n) is 7.49. The first-order valence-electron chi connectivity index (χ1n) is 9.49. The Morgan fingerprint density at radius 2 is 1.75 bits per heavy atom. The Balaban J connectivity index is 1.79. The molecular formula is C20H27N3O4S. The standard InChI is InChI=1S/C20H27N3O4S/c1-14-5-7-18(8-6-14)27-13-19(24)23-17(4)20(16(3)21-23)28(25,26)22-11-9-15(2)10-12-22/h5-8,15H,9-13H2,1-4H3. The molecule has 1 aliphatic rings. The summed E-state index contributed by atoms with van der Waals surface area (Å²) in [6.07, 6.45) is 1.68. The molecule has 1 saturated heterocycles. The highest BCUT2D eigenvalue weighted by atomic mass is 32.2. The second kappa shape index (κ2) is 8.05. The molecule has 0 atom stereocenters. The van der Waals surface area contributed by atoms with Crippen LogP contribution in [0.15, 0.2) is 29.2 Å². The molecule has 2 aromatic rings. The molecule has 8 heteroatoms. The summed E-state index contributed by atoms with van der Waals surface area (Å²) in [6.45, 7) is 8.11. The van der Waals surface area contributed by atoms with Gasteiger partial charge in [-0.25, -0.2) is 13.1 Å². The van der Waals surface area contributed by atoms with Gasteiger partial charge in [-0.3, -0.25) is 4.79 Å². The van der Waals surface area contributed by atoms with Gasteiger partial charge in [-0.15, -0.1) is 0 Å². The van der Waals surface area contributed by atoms with Gasteiger partial charge in [0.1, 0.15) is 10.6 Å². The minimum Gasteiger partial charge on any atom is -0.484 e. The van der Waals surface area contributed by atoms with E-state index >= 15 is 0 Å². The Morgan fingerprint density at radius 3 is 2.36 bits per heavy atom. The van der Waals surface area contributed by atoms with E-state index in [-0.39, 0.29) is 11.5 Å². The molecule has 0 amide bonds. The van der Waals surface area contributed by atoms with E-state index < -0.39 is 15.9 Å². The number of nitrogens with zero attached hydrogens (tertiary/aromatic N) is 3. The van der Waals surface area contributed by atoms with E-state index in [0.29, 0.717) is 36.1 Å². The predicted octanol–water partition coefficient (Wildman–Crippen LogP) is 2.95. The lowest BCUT2D eigenvalue weighted by Crippen LogP contribution is -2.38. The number of carbonyl (C=O) groups excluding carboxylic acids is 1. The minimum atomic E-state index is -3.67. The van der Waals surface area contributed by atoms with E-state index in [1.54, 1.807) is 26.0 Å². The molecule has 0 saturated carbocycles. The summed E-state index contributed by atoms with van der Waals surface area (Å²) < 4.78 is 34.4. The predicted molar refractivity (Wildman–Crippen MR) is 106 cm³/mol. The number of piperidine rings is 1. The van der Waals surface area contributed by atoms with Gasteiger partial charge in [-0.2, -0.15) is 9.40 Å². The first-order chi connectivity index (χ1) is 13.2. The molecule has 3 rings (SSSR count). The molecule has 0 aliphatic carbocycles. The number of benzene rings is 1. The molecule has 0 radical (unpaired) electrons. The van der Waals surface area contributed by atoms with Crippen molar-refractivity contribution in [1.29, 1.82) is 0 Å². The van der Waals surface area contributed by atoms with Gasteiger partial charge >= 0.3 is 0 Å². The van der Waals surface area contributed by atoms with Crippen molar-refractivity contribution in [2.45, 2.75) is 45.4 Å². The second-order valence-corrected chi connectivity index (χ2v) is 9.37. The molecule has 1 aromatic heterocycles. The van der Waals surface area contributed by atoms with E-state index in [0.717, 1.165) is 23.1 Å². The third kappa shape index (κ3) is 4.12. The van der Waals surface area contributed by atoms with Crippen molar-refractivity contribution in [2.24, 2.45) is 5.92 Å². The highest BCUT2D eigenvalue weighted by Gasteiger charge is 2.33. The Kier molecular flexibility index (Phi) is 5.90. The largest absolute Gasteiger partial charge is 0.484 e. The lowest BCUT2D eigenvalue weighted by molar-refractivity contribution is 0.0818. The zero-order chi connectivity index (χ0) is 20.5. The zero-order valence-corrected chi connectivity index (χ0v) is 17.6. The number of rotatable bonds is 5. The number of aromatic nitrogens is 2. The van der Waals surface area contributed by atoms with E-state index in [9.17, 15) is 13.2 Å². The van der Waals surface area contributed by atoms with Crippen LogP contribution in [0, 0.1) is 26.7 Å². The third-order valence-electron chi connectivity index (χ3n) is 5.18. The number of sulfonamides is 1. The fourth-order valence-corrected chi connectivity index (χ4v) is 5.26. The fraction of sp³-hybridized carbons (Fsp3) is 0.500. The van der Waals surface area contributed by atoms with E-state index in [2.05, 4.69) is 12.0 Å². The van der Waals surface area contributed by atoms with Crippen LogP contribution >= 0.6 is 0 Å². The molecule has 1 aliphatic heterocycles. The summed E-state index contributed by atoms with van der Waals surface area (Å²) in [7, 11) is -3.67. The Morgan fingerprint density at radius 1 is 1.14 bits per heavy atom. The van der Waals surface area contributed by atoms with Crippen molar-refractivity contribution in [2.75, 3.05) is 19.7 Å². The topological polar surface area (TPSA) is 81.5 Å². The summed E-state index contributed by atoms with van der Waals surface area (Å²) in [4.78, 5) is 12.7. The van der Waals surface area contributed by atoms with Crippen molar-refractivity contribution in [3.8, 4) is 5.75 Å². The third-order valence-corrected chi connectivity index (χ3v) is 7.34. The van der Waals surface area contributed by atoms with Crippen LogP contribution in [0.25, 0.3) is 0 Å². The van der Waals surface area contributed by atoms with Crippen molar-refractivity contribution in [3.05, 3.63) is 41.2 Å². The van der Waals surface area contributed by atoms with Crippen LogP contribution in [0.2, 0.25) is 0 Å². The molecule has 1 aromatic carbocycles. The maximum atomic E-state index is 13.1. The van der Waals surface area contributed by atoms with Crippen LogP contribution in [0.4, 0.5) is 0 Å². The van der Waals surface area contributed by atoms with E-state index in [4.69, 9.17) is 4.74 Å². The van der Waals surface area contributed by atoms with E-state index in [1.807, 2.05) is 19.1 Å². The van der Waals surface area contributed by atoms with Gasteiger partial charge < -0.3 is 4.74 Å². The van der Waals surface area contributed by atoms with Gasteiger partial charge in [0.15, 0.2) is 6.61 Å². The van der Waals surface area contributed by atoms with Gasteiger partial charge in [0.2, 0.25) is 10.0 Å². The summed E-state index contributed by atoms with van der Waals surface area (Å²) in [5, 5.41) is 4.19. The summed E-state index contributed by atoms with van der Waals surface area (Å²) in [6, 6.07) is 7.37. The van der Waals surface area contributed by atoms with Gasteiger partial charge in [0, 0.05) is 13.1 Å². The van der Waals surface area contributed by atoms with E-state index in [1.165, 1.54) is 4.31 Å². The average Bonchev–Trinajstić information content (AvgIpc) is 2.96. The SMILES string of the molecule is Cc1ccc(OCC(=O)n2nc(C)c(S(=O)(=O)N3CCC(C)CC3)c2C)cc1. The molecule has 152 valence electrons. The minimum absolute atomic E-state index is 0.130. The highest BCUT2D eigenvalue weighted by molar-refractivity contribution is 7.89. The molecular weight excluding hydrogens is 378 g/mol. The lowest BCUT2D eigenvalue weighted by Gasteiger charge is -2.29. The first kappa shape index (κ1) is 20.5. The number of ether oxygens (including phenoxy) is 1. The Labute approximate surface area is 166 Å². The summed E-state index contributed by atoms with van der Waals surface area (Å²) in [5.41, 5.74) is 1.76. The summed E-state index contributed by atoms with van der Waals surface area (Å²) >= 11 is 0. The van der Waals surface area contributed by atoms with Gasteiger partial charge in [-0.1, -0.05) is 24.6 Å². The maximum absolute atomic E-state index is 13.1. The molecule has 28 heavy (non-hydrogen) atoms. The monoisotopic (exact) mass is 405 g/mol. The molecule has 1 fully saturated rings. The number of aryl methyl sites for hydroxylation is 2. The number of hydrogen-bond acceptors (Lipinski definition) is 5. The molecule has 0 N–H and O–H groups in total. The van der Waals surface area contributed by atoms with Gasteiger partial charge in [0.25, 0.3) is 5.91 Å². The van der Waals surface area contributed by atoms with Crippen LogP contribution in [0.3, 0.4) is 0 Å². The maximum Gasteiger partial charge on any atom is 0.285 e. The fourth-order valence-electron chi connectivity index (χ4n) is 3.44. The zero-order valence-electron chi connectivity index (χ0n) is 16.8. The average molecular weight is 406 g/mol. The number of hydrogen-bond donors (Lipinski definition) is 0. The van der Waals surface area contributed by atoms with Crippen LogP contribution < -0.4 is 4.74 Å². The van der Waals surface area contributed by atoms with Crippen molar-refractivity contribution >= 4 is 15.9 Å². The van der Waals surface area contributed by atoms with Crippen LogP contribution in [-0.4, -0.2) is 48.1 Å². The highest BCUT2D eigenvalue weighted by Crippen LogP contribution is 2.27. The lowest BCUT2D eigenvalue weighted by atomic mass is 10.0. The van der Waals surface area contributed by atoms with Gasteiger partial charge in [0.05, 0.1) is 11.4 Å². The molecule has 0 unspecified atom stereocenters. The van der Waals surface area contributed by atoms with Crippen LogP contribution in [0.5, 0.6) is 5.75 Å². The molecule has 7 nitrogen and oxygen atoms in total. The van der Waals surface area contributed by atoms with Gasteiger partial charge in [-0.05, 0) is 51.7 Å². The normalized spacial score (nSPS) is 16.3. The Bertz CT molecular complexity index is 956. The summed E-state index contributed by atoms with van der Waals surface area (Å²) in [5.74, 6) is 0.697. The van der Waals surface area contributed by atoms with Crippen molar-refractivity contribution < 1.29 is 17.9 Å². The van der Waals surface area contributed by atoms with Crippen molar-refractivity contribution in [3.63, 3.8) is 0 Å². The smallest absolute Gasteiger partial charge is 0.285 e. The quantitative estimate of drug-likeness (QED) is 0.764. The first-order valence-corrected chi connectivity index (χ1v) is 10.9. The molecule has 0 spiro atoms. The molecule has 2 heterocycles.